The summed E-state index contributed by atoms with van der Waals surface area (Å²) in [5.41, 5.74) is 6.27. The number of hydrogen-bond donors (Lipinski definition) is 1. The van der Waals surface area contributed by atoms with Crippen LogP contribution in [0.2, 0.25) is 0 Å². The lowest BCUT2D eigenvalue weighted by Crippen LogP contribution is -2.13. The van der Waals surface area contributed by atoms with E-state index in [0.29, 0.717) is 12.2 Å². The molecule has 0 aliphatic rings. The third kappa shape index (κ3) is 1.39. The zero-order chi connectivity index (χ0) is 8.43. The predicted octanol–water partition coefficient (Wildman–Crippen LogP) is 0.824. The number of nitrogens with two attached hydrogens (primary N) is 1. The summed E-state index contributed by atoms with van der Waals surface area (Å²) in [5, 5.41) is 3.92. The largest absolute Gasteiger partial charge is 0.383 e. The van der Waals surface area contributed by atoms with E-state index >= 15 is 0 Å². The second-order valence-electron chi connectivity index (χ2n) is 2.37. The van der Waals surface area contributed by atoms with Crippen LogP contribution in [-0.2, 0) is 0 Å². The van der Waals surface area contributed by atoms with Crippen molar-refractivity contribution < 1.29 is 4.79 Å². The SMILES string of the molecule is CCC(=O)n1nc(C)cc1N. The maximum atomic E-state index is 11.1. The molecule has 11 heavy (non-hydrogen) atoms. The Kier molecular flexibility index (Phi) is 1.94. The molecule has 0 saturated heterocycles. The van der Waals surface area contributed by atoms with Gasteiger partial charge in [0.2, 0.25) is 5.91 Å². The van der Waals surface area contributed by atoms with Crippen LogP contribution in [0.25, 0.3) is 0 Å². The maximum absolute atomic E-state index is 11.1. The van der Waals surface area contributed by atoms with Crippen LogP contribution < -0.4 is 5.73 Å². The van der Waals surface area contributed by atoms with Gasteiger partial charge in [-0.3, -0.25) is 4.79 Å². The minimum Gasteiger partial charge on any atom is -0.383 e. The van der Waals surface area contributed by atoms with Crippen molar-refractivity contribution in [1.29, 1.82) is 0 Å². The molecule has 1 heterocycles. The number of hydrogen-bond acceptors (Lipinski definition) is 3. The molecule has 0 aliphatic heterocycles. The van der Waals surface area contributed by atoms with E-state index in [1.807, 2.05) is 0 Å². The smallest absolute Gasteiger partial charge is 0.248 e. The first-order valence-corrected chi connectivity index (χ1v) is 3.50. The first kappa shape index (κ1) is 7.78. The Hall–Kier alpha value is -1.32. The van der Waals surface area contributed by atoms with E-state index in [0.717, 1.165) is 5.69 Å². The van der Waals surface area contributed by atoms with Gasteiger partial charge >= 0.3 is 0 Å². The van der Waals surface area contributed by atoms with Crippen LogP contribution in [0, 0.1) is 6.92 Å². The molecule has 60 valence electrons. The number of rotatable bonds is 1. The van der Waals surface area contributed by atoms with E-state index in [9.17, 15) is 4.79 Å². The summed E-state index contributed by atoms with van der Waals surface area (Å²) in [6.45, 7) is 3.58. The molecular weight excluding hydrogens is 142 g/mol. The van der Waals surface area contributed by atoms with Crippen LogP contribution >= 0.6 is 0 Å². The monoisotopic (exact) mass is 153 g/mol. The molecule has 0 fully saturated rings. The van der Waals surface area contributed by atoms with Crippen molar-refractivity contribution in [3.63, 3.8) is 0 Å². The number of aryl methyl sites for hydroxylation is 1. The number of nitrogens with zero attached hydrogens (tertiary/aromatic N) is 2. The summed E-state index contributed by atoms with van der Waals surface area (Å²) in [7, 11) is 0. The van der Waals surface area contributed by atoms with Gasteiger partial charge in [-0.2, -0.15) is 9.78 Å². The van der Waals surface area contributed by atoms with E-state index in [2.05, 4.69) is 5.10 Å². The van der Waals surface area contributed by atoms with Gasteiger partial charge in [-0.05, 0) is 6.92 Å². The Morgan fingerprint density at radius 2 is 2.45 bits per heavy atom. The first-order chi connectivity index (χ1) is 5.15. The molecule has 2 N–H and O–H groups in total. The van der Waals surface area contributed by atoms with E-state index < -0.39 is 0 Å². The minimum atomic E-state index is -0.0735. The maximum Gasteiger partial charge on any atom is 0.248 e. The van der Waals surface area contributed by atoms with Crippen LogP contribution in [-0.4, -0.2) is 15.7 Å². The van der Waals surface area contributed by atoms with Crippen LogP contribution in [0.1, 0.15) is 23.8 Å². The molecule has 1 aromatic rings. The molecule has 4 nitrogen and oxygen atoms in total. The highest BCUT2D eigenvalue weighted by Gasteiger charge is 2.06. The van der Waals surface area contributed by atoms with E-state index in [1.54, 1.807) is 19.9 Å². The summed E-state index contributed by atoms with van der Waals surface area (Å²) >= 11 is 0. The molecular formula is C7H11N3O. The van der Waals surface area contributed by atoms with E-state index in [4.69, 9.17) is 5.73 Å². The second-order valence-corrected chi connectivity index (χ2v) is 2.37. The Morgan fingerprint density at radius 1 is 1.82 bits per heavy atom. The zero-order valence-electron chi connectivity index (χ0n) is 6.66. The predicted molar refractivity (Wildman–Crippen MR) is 42.3 cm³/mol. The van der Waals surface area contributed by atoms with Gasteiger partial charge in [-0.25, -0.2) is 0 Å². The zero-order valence-corrected chi connectivity index (χ0v) is 6.66. The Labute approximate surface area is 65.0 Å². The van der Waals surface area contributed by atoms with Crippen LogP contribution in [0.3, 0.4) is 0 Å². The normalized spacial score (nSPS) is 10.0. The molecule has 4 heteroatoms. The van der Waals surface area contributed by atoms with E-state index in [1.165, 1.54) is 4.68 Å². The molecule has 0 radical (unpaired) electrons. The number of nitrogen functional groups attached to an aromatic ring is 1. The molecule has 1 rings (SSSR count). The highest BCUT2D eigenvalue weighted by Crippen LogP contribution is 2.05. The van der Waals surface area contributed by atoms with Crippen LogP contribution in [0.5, 0.6) is 0 Å². The Balaban J connectivity index is 3.03. The Bertz CT molecular complexity index is 277. The van der Waals surface area contributed by atoms with Crippen LogP contribution in [0.4, 0.5) is 5.82 Å². The van der Waals surface area contributed by atoms with Gasteiger partial charge in [-0.1, -0.05) is 6.92 Å². The molecule has 0 amide bonds. The van der Waals surface area contributed by atoms with Crippen LogP contribution in [0.15, 0.2) is 6.07 Å². The van der Waals surface area contributed by atoms with Gasteiger partial charge in [0.05, 0.1) is 5.69 Å². The summed E-state index contributed by atoms with van der Waals surface area (Å²) in [4.78, 5) is 11.1. The second kappa shape index (κ2) is 2.74. The number of carbonyl (C=O) groups is 1. The van der Waals surface area contributed by atoms with Gasteiger partial charge in [0.25, 0.3) is 0 Å². The fourth-order valence-corrected chi connectivity index (χ4v) is 0.869. The van der Waals surface area contributed by atoms with Gasteiger partial charge in [0.1, 0.15) is 5.82 Å². The average Bonchev–Trinajstić information content (AvgIpc) is 2.28. The Morgan fingerprint density at radius 3 is 2.82 bits per heavy atom. The number of carbonyl (C=O) groups excluding carboxylic acids is 1. The fourth-order valence-electron chi connectivity index (χ4n) is 0.869. The quantitative estimate of drug-likeness (QED) is 0.649. The molecule has 1 aromatic heterocycles. The van der Waals surface area contributed by atoms with Crippen molar-refractivity contribution in [3.05, 3.63) is 11.8 Å². The minimum absolute atomic E-state index is 0.0735. The van der Waals surface area contributed by atoms with Gasteiger partial charge in [0.15, 0.2) is 0 Å². The lowest BCUT2D eigenvalue weighted by atomic mass is 10.4. The van der Waals surface area contributed by atoms with Crippen molar-refractivity contribution in [3.8, 4) is 0 Å². The van der Waals surface area contributed by atoms with Crippen molar-refractivity contribution in [1.82, 2.24) is 9.78 Å². The molecule has 0 unspecified atom stereocenters. The first-order valence-electron chi connectivity index (χ1n) is 3.50. The van der Waals surface area contributed by atoms with Crippen molar-refractivity contribution >= 4 is 11.7 Å². The summed E-state index contributed by atoms with van der Waals surface area (Å²) in [6, 6.07) is 1.67. The van der Waals surface area contributed by atoms with Crippen molar-refractivity contribution in [2.75, 3.05) is 5.73 Å². The molecule has 0 aromatic carbocycles. The molecule has 0 aliphatic carbocycles. The third-order valence-corrected chi connectivity index (χ3v) is 1.40. The molecule has 0 atom stereocenters. The van der Waals surface area contributed by atoms with Gasteiger partial charge in [0, 0.05) is 12.5 Å². The molecule has 0 saturated carbocycles. The molecule has 0 bridgehead atoms. The summed E-state index contributed by atoms with van der Waals surface area (Å²) < 4.78 is 1.23. The average molecular weight is 153 g/mol. The van der Waals surface area contributed by atoms with Gasteiger partial charge in [-0.15, -0.1) is 0 Å². The van der Waals surface area contributed by atoms with Crippen molar-refractivity contribution in [2.24, 2.45) is 0 Å². The summed E-state index contributed by atoms with van der Waals surface area (Å²) in [5.74, 6) is 0.338. The summed E-state index contributed by atoms with van der Waals surface area (Å²) in [6.07, 6.45) is 0.422. The fraction of sp³-hybridized carbons (Fsp3) is 0.429. The number of aromatic nitrogens is 2. The van der Waals surface area contributed by atoms with Gasteiger partial charge < -0.3 is 5.73 Å². The van der Waals surface area contributed by atoms with Crippen molar-refractivity contribution in [2.45, 2.75) is 20.3 Å². The standard InChI is InChI=1S/C7H11N3O/c1-3-7(11)10-6(8)4-5(2)9-10/h4H,3,8H2,1-2H3. The lowest BCUT2D eigenvalue weighted by molar-refractivity contribution is 0.0895. The molecule has 0 spiro atoms. The lowest BCUT2D eigenvalue weighted by Gasteiger charge is -1.97. The highest BCUT2D eigenvalue weighted by atomic mass is 16.2. The topological polar surface area (TPSA) is 60.9 Å². The number of anilines is 1. The van der Waals surface area contributed by atoms with E-state index in [-0.39, 0.29) is 5.91 Å². The third-order valence-electron chi connectivity index (χ3n) is 1.40. The highest BCUT2D eigenvalue weighted by molar-refractivity contribution is 5.80.